The van der Waals surface area contributed by atoms with Crippen molar-refractivity contribution < 1.29 is 19.1 Å². The molecule has 3 aromatic carbocycles. The van der Waals surface area contributed by atoms with E-state index in [1.165, 1.54) is 16.0 Å². The highest BCUT2D eigenvalue weighted by atomic mass is 32.2. The quantitative estimate of drug-likeness (QED) is 0.453. The van der Waals surface area contributed by atoms with Crippen LogP contribution in [0.1, 0.15) is 34.7 Å². The lowest BCUT2D eigenvalue weighted by molar-refractivity contribution is -0.190. The fraction of sp³-hybridized carbons (Fsp3) is 0.333. The molecule has 1 aliphatic carbocycles. The predicted molar refractivity (Wildman–Crippen MR) is 155 cm³/mol. The van der Waals surface area contributed by atoms with E-state index in [1.807, 2.05) is 52.0 Å². The predicted octanol–water partition coefficient (Wildman–Crippen LogP) is 4.78. The molecule has 1 saturated carbocycles. The SMILES string of the molecule is O=C1C=CN2C(C(=O)N3CC4CC4COc4cccc5c4C(c4ccccc4SC5)N2C3)C1OCc1ccccc1. The van der Waals surface area contributed by atoms with E-state index in [9.17, 15) is 9.59 Å². The molecule has 41 heavy (non-hydrogen) atoms. The van der Waals surface area contributed by atoms with Crippen LogP contribution in [0.25, 0.3) is 0 Å². The summed E-state index contributed by atoms with van der Waals surface area (Å²) in [6.45, 7) is 2.00. The van der Waals surface area contributed by atoms with E-state index in [4.69, 9.17) is 9.47 Å². The van der Waals surface area contributed by atoms with E-state index < -0.39 is 12.1 Å². The lowest BCUT2D eigenvalue weighted by Gasteiger charge is -2.53. The normalized spacial score (nSPS) is 29.7. The van der Waals surface area contributed by atoms with Gasteiger partial charge in [0.1, 0.15) is 5.75 Å². The number of ether oxygens (including phenoxy) is 2. The number of carbonyl (C=O) groups is 2. The average molecular weight is 566 g/mol. The maximum absolute atomic E-state index is 14.2. The van der Waals surface area contributed by atoms with Crippen molar-refractivity contribution in [3.05, 3.63) is 107 Å². The minimum atomic E-state index is -0.903. The first-order valence-corrected chi connectivity index (χ1v) is 15.3. The molecule has 6 unspecified atom stereocenters. The number of amides is 1. The molecule has 208 valence electrons. The molecule has 1 amide bonds. The first kappa shape index (κ1) is 25.1. The third-order valence-corrected chi connectivity index (χ3v) is 10.1. The van der Waals surface area contributed by atoms with E-state index in [2.05, 4.69) is 47.5 Å². The minimum absolute atomic E-state index is 0.0485. The van der Waals surface area contributed by atoms with Crippen molar-refractivity contribution in [3.63, 3.8) is 0 Å². The maximum atomic E-state index is 14.2. The van der Waals surface area contributed by atoms with Gasteiger partial charge in [-0.15, -0.1) is 11.8 Å². The maximum Gasteiger partial charge on any atom is 0.251 e. The molecule has 0 spiro atoms. The standard InChI is InChI=1S/C33H31N3O4S/c37-26-13-14-35-31(32(26)40-17-21-7-2-1-3-8-21)33(38)34-16-23-15-24(23)18-39-27-11-6-9-22-19-41-28-12-5-4-10-25(28)30(29(22)27)36(35)20-34/h1-14,23-24,30-32H,15-20H2. The van der Waals surface area contributed by atoms with Gasteiger partial charge in [-0.25, -0.2) is 0 Å². The zero-order chi connectivity index (χ0) is 27.5. The zero-order valence-electron chi connectivity index (χ0n) is 22.6. The van der Waals surface area contributed by atoms with Crippen molar-refractivity contribution in [2.24, 2.45) is 11.8 Å². The molecular formula is C33H31N3O4S. The van der Waals surface area contributed by atoms with Gasteiger partial charge >= 0.3 is 0 Å². The number of thioether (sulfide) groups is 1. The van der Waals surface area contributed by atoms with Crippen LogP contribution in [-0.4, -0.2) is 58.6 Å². The van der Waals surface area contributed by atoms with Crippen LogP contribution in [0.4, 0.5) is 0 Å². The summed E-state index contributed by atoms with van der Waals surface area (Å²) < 4.78 is 12.9. The van der Waals surface area contributed by atoms with Gasteiger partial charge in [-0.1, -0.05) is 60.7 Å². The topological polar surface area (TPSA) is 62.3 Å². The summed E-state index contributed by atoms with van der Waals surface area (Å²) in [5, 5.41) is 4.25. The van der Waals surface area contributed by atoms with Gasteiger partial charge < -0.3 is 14.4 Å². The van der Waals surface area contributed by atoms with E-state index in [0.29, 0.717) is 31.7 Å². The highest BCUT2D eigenvalue weighted by molar-refractivity contribution is 7.98. The minimum Gasteiger partial charge on any atom is -0.493 e. The number of benzene rings is 3. The zero-order valence-corrected chi connectivity index (χ0v) is 23.4. The number of hydrogen-bond donors (Lipinski definition) is 0. The lowest BCUT2D eigenvalue weighted by atomic mass is 9.92. The smallest absolute Gasteiger partial charge is 0.251 e. The van der Waals surface area contributed by atoms with Crippen LogP contribution in [0.3, 0.4) is 0 Å². The van der Waals surface area contributed by atoms with Gasteiger partial charge in [-0.3, -0.25) is 14.6 Å². The van der Waals surface area contributed by atoms with Gasteiger partial charge in [0.15, 0.2) is 17.9 Å². The average Bonchev–Trinajstić information content (AvgIpc) is 3.77. The largest absolute Gasteiger partial charge is 0.493 e. The fourth-order valence-electron chi connectivity index (χ4n) is 6.75. The monoisotopic (exact) mass is 565 g/mol. The van der Waals surface area contributed by atoms with E-state index >= 15 is 0 Å². The van der Waals surface area contributed by atoms with Crippen LogP contribution < -0.4 is 4.74 Å². The molecule has 6 atom stereocenters. The van der Waals surface area contributed by atoms with Gasteiger partial charge in [0.25, 0.3) is 5.91 Å². The molecule has 2 fully saturated rings. The Bertz CT molecular complexity index is 1540. The summed E-state index contributed by atoms with van der Waals surface area (Å²) in [6, 6.07) is 23.7. The van der Waals surface area contributed by atoms with Gasteiger partial charge in [-0.05, 0) is 47.1 Å². The summed E-state index contributed by atoms with van der Waals surface area (Å²) in [5.41, 5.74) is 4.52. The first-order valence-electron chi connectivity index (χ1n) is 14.3. The van der Waals surface area contributed by atoms with E-state index in [1.54, 1.807) is 12.3 Å². The summed E-state index contributed by atoms with van der Waals surface area (Å²) in [4.78, 5) is 30.8. The summed E-state index contributed by atoms with van der Waals surface area (Å²) in [7, 11) is 0. The number of hydrazine groups is 1. The Kier molecular flexibility index (Phi) is 6.16. The molecule has 8 heteroatoms. The van der Waals surface area contributed by atoms with Gasteiger partial charge in [0.2, 0.25) is 0 Å². The summed E-state index contributed by atoms with van der Waals surface area (Å²) in [6.07, 6.45) is 3.49. The van der Waals surface area contributed by atoms with E-state index in [-0.39, 0.29) is 24.3 Å². The molecule has 4 aliphatic heterocycles. The molecule has 0 N–H and O–H groups in total. The van der Waals surface area contributed by atoms with Gasteiger partial charge in [0.05, 0.1) is 25.9 Å². The highest BCUT2D eigenvalue weighted by Gasteiger charge is 2.52. The molecule has 5 aliphatic rings. The Morgan fingerprint density at radius 2 is 1.80 bits per heavy atom. The summed E-state index contributed by atoms with van der Waals surface area (Å²) >= 11 is 1.83. The molecule has 1 saturated heterocycles. The second-order valence-electron chi connectivity index (χ2n) is 11.5. The second kappa shape index (κ2) is 10.0. The molecule has 2 bridgehead atoms. The highest BCUT2D eigenvalue weighted by Crippen LogP contribution is 2.49. The Morgan fingerprint density at radius 1 is 0.951 bits per heavy atom. The van der Waals surface area contributed by atoms with E-state index in [0.717, 1.165) is 29.1 Å². The van der Waals surface area contributed by atoms with Crippen molar-refractivity contribution >= 4 is 23.5 Å². The molecule has 3 aromatic rings. The summed E-state index contributed by atoms with van der Waals surface area (Å²) in [5.74, 6) is 2.34. The number of carbonyl (C=O) groups excluding carboxylic acids is 2. The van der Waals surface area contributed by atoms with Crippen molar-refractivity contribution in [1.82, 2.24) is 14.9 Å². The molecule has 0 aromatic heterocycles. The van der Waals surface area contributed by atoms with Crippen LogP contribution in [0.2, 0.25) is 0 Å². The van der Waals surface area contributed by atoms with Crippen molar-refractivity contribution in [2.75, 3.05) is 19.8 Å². The van der Waals surface area contributed by atoms with Crippen LogP contribution >= 0.6 is 11.8 Å². The third-order valence-electron chi connectivity index (χ3n) is 8.99. The first-order chi connectivity index (χ1) is 20.2. The van der Waals surface area contributed by atoms with Crippen molar-refractivity contribution in [3.8, 4) is 5.75 Å². The Balaban J connectivity index is 1.27. The van der Waals surface area contributed by atoms with Crippen molar-refractivity contribution in [2.45, 2.75) is 41.9 Å². The van der Waals surface area contributed by atoms with Gasteiger partial charge in [0, 0.05) is 35.0 Å². The molecular weight excluding hydrogens is 534 g/mol. The van der Waals surface area contributed by atoms with Crippen molar-refractivity contribution in [1.29, 1.82) is 0 Å². The van der Waals surface area contributed by atoms with Gasteiger partial charge in [-0.2, -0.15) is 5.01 Å². The third kappa shape index (κ3) is 4.36. The Hall–Kier alpha value is -3.59. The second-order valence-corrected chi connectivity index (χ2v) is 12.5. The number of rotatable bonds is 3. The fourth-order valence-corrected chi connectivity index (χ4v) is 7.83. The Morgan fingerprint density at radius 3 is 2.71 bits per heavy atom. The molecule has 0 radical (unpaired) electrons. The number of nitrogens with zero attached hydrogens (tertiary/aromatic N) is 3. The Labute approximate surface area is 243 Å². The van der Waals surface area contributed by atoms with Crippen LogP contribution in [-0.2, 0) is 26.7 Å². The molecule has 4 heterocycles. The van der Waals surface area contributed by atoms with Crippen LogP contribution in [0.5, 0.6) is 5.75 Å². The number of ketones is 1. The number of fused-ring (bicyclic) bond motifs is 8. The lowest BCUT2D eigenvalue weighted by Crippen LogP contribution is -2.69. The molecule has 7 nitrogen and oxygen atoms in total. The van der Waals surface area contributed by atoms with Crippen LogP contribution in [0, 0.1) is 11.8 Å². The van der Waals surface area contributed by atoms with Crippen LogP contribution in [0.15, 0.2) is 90.0 Å². The number of hydrogen-bond acceptors (Lipinski definition) is 7. The molecule has 8 rings (SSSR count).